The molecule has 0 radical (unpaired) electrons. The Bertz CT molecular complexity index is 3060. The van der Waals surface area contributed by atoms with Crippen molar-refractivity contribution in [1.29, 1.82) is 0 Å². The van der Waals surface area contributed by atoms with Crippen LogP contribution in [0.15, 0.2) is 176 Å². The van der Waals surface area contributed by atoms with Crippen molar-refractivity contribution in [3.05, 3.63) is 193 Å². The number of allylic oxidation sites excluding steroid dienone is 4. The van der Waals surface area contributed by atoms with Gasteiger partial charge in [0.25, 0.3) is 0 Å². The van der Waals surface area contributed by atoms with Gasteiger partial charge in [0.1, 0.15) is 0 Å². The fraction of sp³-hybridized carbons (Fsp3) is 0.0943. The van der Waals surface area contributed by atoms with Crippen LogP contribution >= 0.6 is 0 Å². The summed E-state index contributed by atoms with van der Waals surface area (Å²) in [7, 11) is 0. The molecule has 1 nitrogen and oxygen atoms in total. The summed E-state index contributed by atoms with van der Waals surface area (Å²) in [6, 6.07) is 59.2. The lowest BCUT2D eigenvalue weighted by Gasteiger charge is -2.35. The van der Waals surface area contributed by atoms with E-state index in [1.165, 1.54) is 105 Å². The maximum Gasteiger partial charge on any atom is 0.0582 e. The van der Waals surface area contributed by atoms with Gasteiger partial charge in [-0.15, -0.1) is 0 Å². The molecule has 54 heavy (non-hydrogen) atoms. The van der Waals surface area contributed by atoms with Crippen molar-refractivity contribution in [3.8, 4) is 39.1 Å². The smallest absolute Gasteiger partial charge is 0.0582 e. The van der Waals surface area contributed by atoms with Gasteiger partial charge in [0.05, 0.1) is 16.7 Å². The number of aromatic nitrogens is 1. The number of hydrogen-bond donors (Lipinski definition) is 0. The van der Waals surface area contributed by atoms with E-state index in [0.29, 0.717) is 0 Å². The molecule has 8 aromatic carbocycles. The number of hydrogen-bond acceptors (Lipinski definition) is 0. The van der Waals surface area contributed by atoms with Crippen LogP contribution in [0.1, 0.15) is 43.4 Å². The molecule has 0 saturated carbocycles. The van der Waals surface area contributed by atoms with Crippen LogP contribution in [0.3, 0.4) is 0 Å². The standard InChI is InChI=1S/C53H39N/c1-53(2)48-23-13-14-24-51(48)54-50-30-25-36(40-28-26-38(34-15-5-3-6-16-34)42-19-9-11-21-44(40)42)31-46(50)47-32-37(33-49(53)52(47)54)41-29-27-39(35-17-7-4-8-18-35)43-20-10-12-22-45(41)43/h3-5,7-15,17-33H,6,16H2,1-2H3. The normalized spacial score (nSPS) is 14.5. The predicted molar refractivity (Wildman–Crippen MR) is 231 cm³/mol. The zero-order valence-corrected chi connectivity index (χ0v) is 30.6. The summed E-state index contributed by atoms with van der Waals surface area (Å²) in [6.07, 6.45) is 8.94. The minimum Gasteiger partial charge on any atom is -0.309 e. The molecule has 2 heterocycles. The van der Waals surface area contributed by atoms with Crippen LogP contribution < -0.4 is 0 Å². The molecule has 0 atom stereocenters. The van der Waals surface area contributed by atoms with Gasteiger partial charge in [0.15, 0.2) is 0 Å². The Morgan fingerprint density at radius 2 is 1.06 bits per heavy atom. The molecule has 2 aliphatic rings. The zero-order valence-electron chi connectivity index (χ0n) is 30.6. The Hall–Kier alpha value is -6.44. The first-order chi connectivity index (χ1) is 26.6. The Morgan fingerprint density at radius 3 is 1.76 bits per heavy atom. The van der Waals surface area contributed by atoms with Crippen molar-refractivity contribution >= 4 is 48.9 Å². The number of para-hydroxylation sites is 1. The van der Waals surface area contributed by atoms with Gasteiger partial charge in [-0.1, -0.05) is 159 Å². The lowest BCUT2D eigenvalue weighted by molar-refractivity contribution is 0.630. The fourth-order valence-electron chi connectivity index (χ4n) is 9.62. The van der Waals surface area contributed by atoms with Gasteiger partial charge in [-0.2, -0.15) is 0 Å². The highest BCUT2D eigenvalue weighted by Crippen LogP contribution is 2.50. The second-order valence-corrected chi connectivity index (χ2v) is 15.6. The van der Waals surface area contributed by atoms with E-state index in [1.807, 2.05) is 0 Å². The van der Waals surface area contributed by atoms with E-state index < -0.39 is 0 Å². The first kappa shape index (κ1) is 31.1. The maximum absolute atomic E-state index is 2.54. The van der Waals surface area contributed by atoms with Crippen LogP contribution in [-0.4, -0.2) is 4.57 Å². The first-order valence-electron chi connectivity index (χ1n) is 19.2. The summed E-state index contributed by atoms with van der Waals surface area (Å²) >= 11 is 0. The zero-order chi connectivity index (χ0) is 36.0. The number of fused-ring (bicyclic) bond motifs is 7. The highest BCUT2D eigenvalue weighted by atomic mass is 15.0. The summed E-state index contributed by atoms with van der Waals surface area (Å²) in [5.74, 6) is 0. The molecule has 0 N–H and O–H groups in total. The van der Waals surface area contributed by atoms with Crippen LogP contribution in [0.4, 0.5) is 0 Å². The first-order valence-corrected chi connectivity index (χ1v) is 19.2. The summed E-state index contributed by atoms with van der Waals surface area (Å²) in [5.41, 5.74) is 16.7. The van der Waals surface area contributed by atoms with Crippen molar-refractivity contribution in [3.63, 3.8) is 0 Å². The minimum absolute atomic E-state index is 0.188. The lowest BCUT2D eigenvalue weighted by Crippen LogP contribution is -2.26. The molecule has 1 aliphatic carbocycles. The average molecular weight is 690 g/mol. The minimum atomic E-state index is -0.188. The molecule has 1 aliphatic heterocycles. The van der Waals surface area contributed by atoms with Crippen molar-refractivity contribution in [2.24, 2.45) is 0 Å². The lowest BCUT2D eigenvalue weighted by atomic mass is 9.74. The molecule has 11 rings (SSSR count). The van der Waals surface area contributed by atoms with Crippen molar-refractivity contribution < 1.29 is 0 Å². The monoisotopic (exact) mass is 689 g/mol. The third-order valence-corrected chi connectivity index (χ3v) is 12.3. The molecule has 0 unspecified atom stereocenters. The Labute approximate surface area is 316 Å². The second kappa shape index (κ2) is 11.8. The van der Waals surface area contributed by atoms with Gasteiger partial charge >= 0.3 is 0 Å². The van der Waals surface area contributed by atoms with Crippen LogP contribution in [0.2, 0.25) is 0 Å². The van der Waals surface area contributed by atoms with Crippen LogP contribution in [0.25, 0.3) is 88.0 Å². The highest BCUT2D eigenvalue weighted by Gasteiger charge is 2.35. The average Bonchev–Trinajstić information content (AvgIpc) is 3.56. The Balaban J connectivity index is 1.19. The Kier molecular flexibility index (Phi) is 6.79. The molecular weight excluding hydrogens is 651 g/mol. The largest absolute Gasteiger partial charge is 0.309 e. The second-order valence-electron chi connectivity index (χ2n) is 15.6. The molecule has 9 aromatic rings. The summed E-state index contributed by atoms with van der Waals surface area (Å²) in [5, 5.41) is 7.77. The van der Waals surface area contributed by atoms with Crippen molar-refractivity contribution in [1.82, 2.24) is 4.57 Å². The van der Waals surface area contributed by atoms with E-state index >= 15 is 0 Å². The summed E-state index contributed by atoms with van der Waals surface area (Å²) < 4.78 is 2.54. The molecule has 1 heteroatoms. The van der Waals surface area contributed by atoms with Gasteiger partial charge < -0.3 is 4.57 Å². The SMILES string of the molecule is CC1(C)c2ccccc2-n2c3ccc(-c4ccc(C5=CC=CCC5)c5ccccc45)cc3c3cc(-c4ccc(-c5ccccc5)c5ccccc45)cc1c32. The molecule has 1 aromatic heterocycles. The fourth-order valence-corrected chi connectivity index (χ4v) is 9.62. The predicted octanol–water partition coefficient (Wildman–Crippen LogP) is 14.5. The van der Waals surface area contributed by atoms with E-state index in [-0.39, 0.29) is 5.41 Å². The van der Waals surface area contributed by atoms with Gasteiger partial charge in [-0.25, -0.2) is 0 Å². The molecule has 0 amide bonds. The molecule has 0 fully saturated rings. The van der Waals surface area contributed by atoms with Gasteiger partial charge in [-0.3, -0.25) is 0 Å². The van der Waals surface area contributed by atoms with Gasteiger partial charge in [0, 0.05) is 16.2 Å². The van der Waals surface area contributed by atoms with Gasteiger partial charge in [-0.05, 0) is 120 Å². The van der Waals surface area contributed by atoms with E-state index in [9.17, 15) is 0 Å². The van der Waals surface area contributed by atoms with E-state index in [4.69, 9.17) is 0 Å². The number of rotatable bonds is 4. The topological polar surface area (TPSA) is 4.93 Å². The van der Waals surface area contributed by atoms with Crippen LogP contribution in [-0.2, 0) is 5.41 Å². The van der Waals surface area contributed by atoms with Crippen LogP contribution in [0, 0.1) is 0 Å². The third kappa shape index (κ3) is 4.51. The maximum atomic E-state index is 2.54. The third-order valence-electron chi connectivity index (χ3n) is 12.3. The van der Waals surface area contributed by atoms with E-state index in [0.717, 1.165) is 12.8 Å². The molecule has 0 saturated heterocycles. The van der Waals surface area contributed by atoms with Crippen molar-refractivity contribution in [2.75, 3.05) is 0 Å². The Morgan fingerprint density at radius 1 is 0.463 bits per heavy atom. The van der Waals surface area contributed by atoms with Crippen LogP contribution in [0.5, 0.6) is 0 Å². The molecule has 256 valence electrons. The summed E-state index contributed by atoms with van der Waals surface area (Å²) in [4.78, 5) is 0. The van der Waals surface area contributed by atoms with Gasteiger partial charge in [0.2, 0.25) is 0 Å². The highest BCUT2D eigenvalue weighted by molar-refractivity contribution is 6.16. The van der Waals surface area contributed by atoms with Crippen molar-refractivity contribution in [2.45, 2.75) is 32.1 Å². The van der Waals surface area contributed by atoms with E-state index in [2.05, 4.69) is 194 Å². The van der Waals surface area contributed by atoms with E-state index in [1.54, 1.807) is 0 Å². The molecular formula is C53H39N. The molecule has 0 spiro atoms. The molecule has 0 bridgehead atoms. The quantitative estimate of drug-likeness (QED) is 0.173. The number of nitrogens with zero attached hydrogens (tertiary/aromatic N) is 1. The number of benzene rings is 8. The summed E-state index contributed by atoms with van der Waals surface area (Å²) in [6.45, 7) is 4.80.